The van der Waals surface area contributed by atoms with Gasteiger partial charge in [0.2, 0.25) is 11.8 Å². The highest BCUT2D eigenvalue weighted by molar-refractivity contribution is 7.80. The minimum atomic E-state index is -1.07. The number of carboxylic acid groups (broad SMARTS) is 2. The van der Waals surface area contributed by atoms with Crippen LogP contribution in [0.5, 0.6) is 0 Å². The monoisotopic (exact) mass is 321 g/mol. The number of aliphatic carboxylic acids is 2. The molecule has 0 spiro atoms. The molecule has 0 aromatic carbocycles. The molecule has 0 unspecified atom stereocenters. The van der Waals surface area contributed by atoms with Gasteiger partial charge in [-0.1, -0.05) is 0 Å². The highest BCUT2D eigenvalue weighted by Crippen LogP contribution is 1.97. The highest BCUT2D eigenvalue weighted by atomic mass is 32.1. The first kappa shape index (κ1) is 19.2. The Morgan fingerprint density at radius 2 is 1.62 bits per heavy atom. The highest BCUT2D eigenvalue weighted by Gasteiger charge is 2.22. The molecular weight excluding hydrogens is 302 g/mol. The number of nitrogens with two attached hydrogens (primary N) is 1. The second kappa shape index (κ2) is 10.00. The molecule has 6 N–H and O–H groups in total. The van der Waals surface area contributed by atoms with Crippen molar-refractivity contribution >= 4 is 36.4 Å². The molecule has 120 valence electrons. The maximum atomic E-state index is 11.7. The summed E-state index contributed by atoms with van der Waals surface area (Å²) < 4.78 is 0. The van der Waals surface area contributed by atoms with Gasteiger partial charge in [-0.2, -0.15) is 12.6 Å². The van der Waals surface area contributed by atoms with Gasteiger partial charge in [0.25, 0.3) is 0 Å². The number of rotatable bonds is 10. The van der Waals surface area contributed by atoms with Crippen molar-refractivity contribution in [3.63, 3.8) is 0 Å². The van der Waals surface area contributed by atoms with Crippen LogP contribution in [0.15, 0.2) is 0 Å². The summed E-state index contributed by atoms with van der Waals surface area (Å²) in [5.74, 6) is -3.38. The SMILES string of the molecule is N[C@@H](CCC(=O)O)C(=O)N[C@@H](CS)C(=O)NCCC(=O)O. The van der Waals surface area contributed by atoms with Crippen molar-refractivity contribution in [1.29, 1.82) is 0 Å². The van der Waals surface area contributed by atoms with E-state index in [-0.39, 0.29) is 31.6 Å². The van der Waals surface area contributed by atoms with Gasteiger partial charge in [0, 0.05) is 18.7 Å². The number of amides is 2. The van der Waals surface area contributed by atoms with Gasteiger partial charge in [0.05, 0.1) is 12.5 Å². The van der Waals surface area contributed by atoms with E-state index in [1.54, 1.807) is 0 Å². The van der Waals surface area contributed by atoms with Crippen molar-refractivity contribution in [3.05, 3.63) is 0 Å². The summed E-state index contributed by atoms with van der Waals surface area (Å²) in [6.45, 7) is -0.0701. The van der Waals surface area contributed by atoms with Crippen LogP contribution >= 0.6 is 12.6 Å². The lowest BCUT2D eigenvalue weighted by molar-refractivity contribution is -0.138. The van der Waals surface area contributed by atoms with E-state index in [1.165, 1.54) is 0 Å². The number of hydrogen-bond donors (Lipinski definition) is 6. The zero-order chi connectivity index (χ0) is 16.4. The average molecular weight is 321 g/mol. The molecule has 0 rings (SSSR count). The van der Waals surface area contributed by atoms with Crippen LogP contribution in [0.4, 0.5) is 0 Å². The molecule has 10 heteroatoms. The molecule has 0 aliphatic rings. The Balaban J connectivity index is 4.27. The molecule has 0 saturated heterocycles. The topological polar surface area (TPSA) is 159 Å². The molecule has 0 aromatic heterocycles. The van der Waals surface area contributed by atoms with Crippen LogP contribution in [0.2, 0.25) is 0 Å². The third-order valence-electron chi connectivity index (χ3n) is 2.46. The van der Waals surface area contributed by atoms with Gasteiger partial charge in [-0.15, -0.1) is 0 Å². The Morgan fingerprint density at radius 1 is 1.05 bits per heavy atom. The number of carbonyl (C=O) groups excluding carboxylic acids is 2. The maximum absolute atomic E-state index is 11.7. The van der Waals surface area contributed by atoms with E-state index in [9.17, 15) is 19.2 Å². The number of nitrogens with one attached hydrogen (secondary N) is 2. The molecule has 0 bridgehead atoms. The molecule has 21 heavy (non-hydrogen) atoms. The van der Waals surface area contributed by atoms with E-state index in [2.05, 4.69) is 23.3 Å². The van der Waals surface area contributed by atoms with Crippen LogP contribution in [0.25, 0.3) is 0 Å². The largest absolute Gasteiger partial charge is 0.481 e. The molecule has 0 fully saturated rings. The number of carbonyl (C=O) groups is 4. The minimum absolute atomic E-state index is 0.00368. The fourth-order valence-electron chi connectivity index (χ4n) is 1.30. The van der Waals surface area contributed by atoms with E-state index in [4.69, 9.17) is 15.9 Å². The Kier molecular flexibility index (Phi) is 9.13. The third kappa shape index (κ3) is 8.87. The van der Waals surface area contributed by atoms with Crippen LogP contribution in [0, 0.1) is 0 Å². The van der Waals surface area contributed by atoms with Crippen LogP contribution in [-0.4, -0.2) is 58.3 Å². The van der Waals surface area contributed by atoms with Gasteiger partial charge in [-0.25, -0.2) is 0 Å². The van der Waals surface area contributed by atoms with Gasteiger partial charge in [-0.05, 0) is 6.42 Å². The summed E-state index contributed by atoms with van der Waals surface area (Å²) in [7, 11) is 0. The molecule has 0 radical (unpaired) electrons. The molecule has 0 aromatic rings. The van der Waals surface area contributed by atoms with E-state index < -0.39 is 35.8 Å². The van der Waals surface area contributed by atoms with Gasteiger partial charge in [-0.3, -0.25) is 19.2 Å². The number of thiol groups is 1. The molecule has 0 aliphatic carbocycles. The van der Waals surface area contributed by atoms with Crippen LogP contribution in [0.3, 0.4) is 0 Å². The molecule has 2 atom stereocenters. The Bertz CT molecular complexity index is 403. The van der Waals surface area contributed by atoms with Crippen molar-refractivity contribution in [1.82, 2.24) is 10.6 Å². The first-order valence-electron chi connectivity index (χ1n) is 6.16. The number of carboxylic acids is 2. The third-order valence-corrected chi connectivity index (χ3v) is 2.82. The van der Waals surface area contributed by atoms with Gasteiger partial charge in [0.15, 0.2) is 0 Å². The minimum Gasteiger partial charge on any atom is -0.481 e. The van der Waals surface area contributed by atoms with Crippen LogP contribution in [0.1, 0.15) is 19.3 Å². The van der Waals surface area contributed by atoms with Crippen molar-refractivity contribution in [3.8, 4) is 0 Å². The Morgan fingerprint density at radius 3 is 2.10 bits per heavy atom. The number of hydrogen-bond acceptors (Lipinski definition) is 6. The van der Waals surface area contributed by atoms with E-state index >= 15 is 0 Å². The van der Waals surface area contributed by atoms with Crippen molar-refractivity contribution in [2.24, 2.45) is 5.73 Å². The zero-order valence-corrected chi connectivity index (χ0v) is 12.1. The van der Waals surface area contributed by atoms with E-state index in [0.29, 0.717) is 0 Å². The summed E-state index contributed by atoms with van der Waals surface area (Å²) in [6, 6.07) is -2.01. The predicted octanol–water partition coefficient (Wildman–Crippen LogP) is -1.82. The molecule has 0 saturated carbocycles. The lowest BCUT2D eigenvalue weighted by Crippen LogP contribution is -2.52. The van der Waals surface area contributed by atoms with Crippen molar-refractivity contribution in [2.45, 2.75) is 31.3 Å². The summed E-state index contributed by atoms with van der Waals surface area (Å²) in [5, 5.41) is 21.6. The summed E-state index contributed by atoms with van der Waals surface area (Å²) in [4.78, 5) is 44.0. The molecule has 9 nitrogen and oxygen atoms in total. The summed E-state index contributed by atoms with van der Waals surface area (Å²) in [6.07, 6.45) is -0.552. The molecule has 0 aliphatic heterocycles. The summed E-state index contributed by atoms with van der Waals surface area (Å²) >= 11 is 3.92. The average Bonchev–Trinajstić information content (AvgIpc) is 2.40. The second-order valence-corrected chi connectivity index (χ2v) is 4.58. The second-order valence-electron chi connectivity index (χ2n) is 4.22. The Hall–Kier alpha value is -1.81. The first-order valence-corrected chi connectivity index (χ1v) is 6.79. The van der Waals surface area contributed by atoms with Gasteiger partial charge in [0.1, 0.15) is 6.04 Å². The summed E-state index contributed by atoms with van der Waals surface area (Å²) in [5.41, 5.74) is 5.50. The quantitative estimate of drug-likeness (QED) is 0.258. The maximum Gasteiger partial charge on any atom is 0.305 e. The van der Waals surface area contributed by atoms with E-state index in [1.807, 2.05) is 0 Å². The predicted molar refractivity (Wildman–Crippen MR) is 75.9 cm³/mol. The fraction of sp³-hybridized carbons (Fsp3) is 0.636. The standard InChI is InChI=1S/C11H19N3O6S/c12-6(1-2-8(15)16)10(19)14-7(5-21)11(20)13-4-3-9(17)18/h6-7,21H,1-5,12H2,(H,13,20)(H,14,19)(H,15,16)(H,17,18)/t6-,7-/m0/s1. The van der Waals surface area contributed by atoms with Gasteiger partial charge >= 0.3 is 11.9 Å². The molecule has 0 heterocycles. The van der Waals surface area contributed by atoms with Crippen molar-refractivity contribution < 1.29 is 29.4 Å². The van der Waals surface area contributed by atoms with Crippen LogP contribution < -0.4 is 16.4 Å². The fourth-order valence-corrected chi connectivity index (χ4v) is 1.56. The normalized spacial score (nSPS) is 13.0. The Labute approximate surface area is 126 Å². The molecule has 2 amide bonds. The van der Waals surface area contributed by atoms with Gasteiger partial charge < -0.3 is 26.6 Å². The van der Waals surface area contributed by atoms with Crippen molar-refractivity contribution in [2.75, 3.05) is 12.3 Å². The first-order chi connectivity index (χ1) is 9.77. The lowest BCUT2D eigenvalue weighted by Gasteiger charge is -2.18. The smallest absolute Gasteiger partial charge is 0.305 e. The molecular formula is C11H19N3O6S. The lowest BCUT2D eigenvalue weighted by atomic mass is 10.1. The van der Waals surface area contributed by atoms with Crippen LogP contribution in [-0.2, 0) is 19.2 Å². The zero-order valence-electron chi connectivity index (χ0n) is 11.2. The van der Waals surface area contributed by atoms with E-state index in [0.717, 1.165) is 0 Å².